The van der Waals surface area contributed by atoms with Crippen LogP contribution in [-0.4, -0.2) is 14.9 Å². The molecule has 0 fully saturated rings. The summed E-state index contributed by atoms with van der Waals surface area (Å²) in [5.74, 6) is -0.459. The molecule has 3 nitrogen and oxygen atoms in total. The highest BCUT2D eigenvalue weighted by atomic mass is 35.5. The monoisotopic (exact) mass is 240 g/mol. The number of nitrogens with zero attached hydrogens (tertiary/aromatic N) is 2. The molecule has 0 bridgehead atoms. The van der Waals surface area contributed by atoms with Crippen LogP contribution in [0.4, 0.5) is 4.39 Å². The Labute approximate surface area is 97.1 Å². The Kier molecular flexibility index (Phi) is 2.94. The van der Waals surface area contributed by atoms with E-state index < -0.39 is 11.9 Å². The summed E-state index contributed by atoms with van der Waals surface area (Å²) in [4.78, 5) is 0. The van der Waals surface area contributed by atoms with E-state index in [0.717, 1.165) is 0 Å². The fraction of sp³-hybridized carbons (Fsp3) is 0.182. The zero-order valence-electron chi connectivity index (χ0n) is 8.56. The minimum Gasteiger partial charge on any atom is -0.389 e. The quantitative estimate of drug-likeness (QED) is 0.877. The Morgan fingerprint density at radius 2 is 2.25 bits per heavy atom. The molecular formula is C11H10ClFN2O. The van der Waals surface area contributed by atoms with Crippen LogP contribution in [0, 0.1) is 5.82 Å². The molecule has 0 radical (unpaired) electrons. The third kappa shape index (κ3) is 1.94. The van der Waals surface area contributed by atoms with Crippen molar-refractivity contribution in [2.24, 2.45) is 0 Å². The topological polar surface area (TPSA) is 38.0 Å². The molecule has 1 heterocycles. The van der Waals surface area contributed by atoms with Gasteiger partial charge in [0, 0.05) is 11.8 Å². The molecule has 5 heteroatoms. The first-order valence-electron chi connectivity index (χ1n) is 4.76. The van der Waals surface area contributed by atoms with Gasteiger partial charge in [0.2, 0.25) is 0 Å². The number of hydrogen-bond acceptors (Lipinski definition) is 2. The van der Waals surface area contributed by atoms with Crippen LogP contribution in [0.3, 0.4) is 0 Å². The number of aromatic nitrogens is 2. The summed E-state index contributed by atoms with van der Waals surface area (Å²) >= 11 is 5.74. The van der Waals surface area contributed by atoms with Crippen LogP contribution in [0.1, 0.15) is 18.6 Å². The average molecular weight is 241 g/mol. The maximum absolute atomic E-state index is 13.6. The first-order valence-corrected chi connectivity index (χ1v) is 5.14. The van der Waals surface area contributed by atoms with Crippen molar-refractivity contribution in [2.75, 3.05) is 0 Å². The first kappa shape index (κ1) is 11.1. The van der Waals surface area contributed by atoms with Crippen LogP contribution >= 0.6 is 11.6 Å². The summed E-state index contributed by atoms with van der Waals surface area (Å²) in [5.41, 5.74) is 0.698. The van der Waals surface area contributed by atoms with Gasteiger partial charge in [0.1, 0.15) is 5.82 Å². The molecular weight excluding hydrogens is 231 g/mol. The van der Waals surface area contributed by atoms with E-state index in [1.54, 1.807) is 18.3 Å². The second-order valence-electron chi connectivity index (χ2n) is 3.45. The molecule has 0 saturated heterocycles. The summed E-state index contributed by atoms with van der Waals surface area (Å²) in [5, 5.41) is 14.0. The summed E-state index contributed by atoms with van der Waals surface area (Å²) in [6.45, 7) is 1.51. The third-order valence-corrected chi connectivity index (χ3v) is 2.44. The SMILES string of the molecule is CC(O)c1c(F)cccc1-n1cc(Cl)cn1. The number of hydrogen-bond donors (Lipinski definition) is 1. The summed E-state index contributed by atoms with van der Waals surface area (Å²) in [6, 6.07) is 4.54. The zero-order chi connectivity index (χ0) is 11.7. The van der Waals surface area contributed by atoms with Gasteiger partial charge in [-0.1, -0.05) is 17.7 Å². The maximum atomic E-state index is 13.6. The standard InChI is InChI=1S/C11H10ClFN2O/c1-7(16)11-9(13)3-2-4-10(11)15-6-8(12)5-14-15/h2-7,16H,1H3. The Bertz CT molecular complexity index is 510. The lowest BCUT2D eigenvalue weighted by Crippen LogP contribution is -2.05. The predicted octanol–water partition coefficient (Wildman–Crippen LogP) is 2.72. The van der Waals surface area contributed by atoms with E-state index in [0.29, 0.717) is 10.7 Å². The first-order chi connectivity index (χ1) is 7.59. The largest absolute Gasteiger partial charge is 0.389 e. The van der Waals surface area contributed by atoms with Gasteiger partial charge in [0.05, 0.1) is 23.0 Å². The highest BCUT2D eigenvalue weighted by Crippen LogP contribution is 2.24. The molecule has 1 atom stereocenters. The third-order valence-electron chi connectivity index (χ3n) is 2.25. The second kappa shape index (κ2) is 4.23. The summed E-state index contributed by atoms with van der Waals surface area (Å²) < 4.78 is 15.0. The predicted molar refractivity (Wildman–Crippen MR) is 59.2 cm³/mol. The van der Waals surface area contributed by atoms with Crippen LogP contribution in [0.25, 0.3) is 5.69 Å². The fourth-order valence-electron chi connectivity index (χ4n) is 1.57. The van der Waals surface area contributed by atoms with E-state index in [1.165, 1.54) is 23.9 Å². The van der Waals surface area contributed by atoms with Gasteiger partial charge in [0.25, 0.3) is 0 Å². The van der Waals surface area contributed by atoms with Gasteiger partial charge >= 0.3 is 0 Å². The minimum atomic E-state index is -0.904. The van der Waals surface area contributed by atoms with Crippen LogP contribution in [0.5, 0.6) is 0 Å². The molecule has 1 aromatic heterocycles. The lowest BCUT2D eigenvalue weighted by Gasteiger charge is -2.12. The highest BCUT2D eigenvalue weighted by Gasteiger charge is 2.15. The lowest BCUT2D eigenvalue weighted by atomic mass is 10.1. The van der Waals surface area contributed by atoms with E-state index in [9.17, 15) is 9.50 Å². The van der Waals surface area contributed by atoms with Crippen LogP contribution < -0.4 is 0 Å². The molecule has 2 aromatic rings. The molecule has 1 unspecified atom stereocenters. The molecule has 0 aliphatic heterocycles. The van der Waals surface area contributed by atoms with Crippen LogP contribution in [0.2, 0.25) is 5.02 Å². The van der Waals surface area contributed by atoms with Crippen molar-refractivity contribution in [1.82, 2.24) is 9.78 Å². The van der Waals surface area contributed by atoms with Crippen molar-refractivity contribution < 1.29 is 9.50 Å². The smallest absolute Gasteiger partial charge is 0.131 e. The molecule has 0 saturated carbocycles. The number of rotatable bonds is 2. The van der Waals surface area contributed by atoms with E-state index in [2.05, 4.69) is 5.10 Å². The number of aliphatic hydroxyl groups is 1. The number of aliphatic hydroxyl groups excluding tert-OH is 1. The second-order valence-corrected chi connectivity index (χ2v) is 3.89. The lowest BCUT2D eigenvalue weighted by molar-refractivity contribution is 0.194. The summed E-state index contributed by atoms with van der Waals surface area (Å²) in [7, 11) is 0. The molecule has 16 heavy (non-hydrogen) atoms. The van der Waals surface area contributed by atoms with Crippen molar-refractivity contribution in [3.05, 3.63) is 47.0 Å². The average Bonchev–Trinajstić information content (AvgIpc) is 2.63. The normalized spacial score (nSPS) is 12.8. The Balaban J connectivity index is 2.60. The fourth-order valence-corrected chi connectivity index (χ4v) is 1.71. The molecule has 0 aliphatic rings. The molecule has 1 N–H and O–H groups in total. The minimum absolute atomic E-state index is 0.210. The van der Waals surface area contributed by atoms with E-state index in [-0.39, 0.29) is 5.56 Å². The Hall–Kier alpha value is -1.39. The van der Waals surface area contributed by atoms with Crippen molar-refractivity contribution >= 4 is 11.6 Å². The molecule has 1 aromatic carbocycles. The summed E-state index contributed by atoms with van der Waals surface area (Å²) in [6.07, 6.45) is 2.11. The number of halogens is 2. The van der Waals surface area contributed by atoms with Gasteiger partial charge < -0.3 is 5.11 Å². The van der Waals surface area contributed by atoms with Gasteiger partial charge in [0.15, 0.2) is 0 Å². The van der Waals surface area contributed by atoms with Gasteiger partial charge in [-0.3, -0.25) is 0 Å². The van der Waals surface area contributed by atoms with Crippen LogP contribution in [-0.2, 0) is 0 Å². The van der Waals surface area contributed by atoms with Crippen molar-refractivity contribution in [1.29, 1.82) is 0 Å². The Morgan fingerprint density at radius 1 is 1.50 bits per heavy atom. The van der Waals surface area contributed by atoms with Gasteiger partial charge in [-0.2, -0.15) is 5.10 Å². The van der Waals surface area contributed by atoms with Crippen molar-refractivity contribution in [2.45, 2.75) is 13.0 Å². The van der Waals surface area contributed by atoms with Gasteiger partial charge in [-0.05, 0) is 19.1 Å². The van der Waals surface area contributed by atoms with Gasteiger partial charge in [-0.15, -0.1) is 0 Å². The van der Waals surface area contributed by atoms with Crippen LogP contribution in [0.15, 0.2) is 30.6 Å². The van der Waals surface area contributed by atoms with E-state index in [1.807, 2.05) is 0 Å². The van der Waals surface area contributed by atoms with E-state index >= 15 is 0 Å². The van der Waals surface area contributed by atoms with E-state index in [4.69, 9.17) is 11.6 Å². The molecule has 2 rings (SSSR count). The highest BCUT2D eigenvalue weighted by molar-refractivity contribution is 6.30. The molecule has 0 amide bonds. The van der Waals surface area contributed by atoms with Crippen molar-refractivity contribution in [3.63, 3.8) is 0 Å². The van der Waals surface area contributed by atoms with Gasteiger partial charge in [-0.25, -0.2) is 9.07 Å². The molecule has 84 valence electrons. The maximum Gasteiger partial charge on any atom is 0.131 e. The zero-order valence-corrected chi connectivity index (χ0v) is 9.32. The molecule has 0 spiro atoms. The van der Waals surface area contributed by atoms with Crippen molar-refractivity contribution in [3.8, 4) is 5.69 Å². The number of benzene rings is 1. The molecule has 0 aliphatic carbocycles. The Morgan fingerprint density at radius 3 is 2.81 bits per heavy atom.